The Bertz CT molecular complexity index is 847. The maximum absolute atomic E-state index is 12.7. The van der Waals surface area contributed by atoms with Gasteiger partial charge in [-0.1, -0.05) is 78.9 Å². The van der Waals surface area contributed by atoms with Gasteiger partial charge in [-0.25, -0.2) is 4.79 Å². The molecule has 4 nitrogen and oxygen atoms in total. The first-order chi connectivity index (χ1) is 14.6. The van der Waals surface area contributed by atoms with Gasteiger partial charge in [0, 0.05) is 32.2 Å². The number of benzene rings is 2. The van der Waals surface area contributed by atoms with Gasteiger partial charge in [0.1, 0.15) is 0 Å². The molecule has 2 aromatic carbocycles. The number of nitrogens with one attached hydrogen (secondary N) is 1. The molecule has 1 unspecified atom stereocenters. The molecule has 2 fully saturated rings. The summed E-state index contributed by atoms with van der Waals surface area (Å²) in [4.78, 5) is 17.1. The number of piperazine rings is 1. The largest absolute Gasteiger partial charge is 0.335 e. The maximum atomic E-state index is 12.7. The van der Waals surface area contributed by atoms with Crippen LogP contribution in [0.25, 0.3) is 0 Å². The number of amides is 2. The van der Waals surface area contributed by atoms with Crippen molar-refractivity contribution in [2.24, 2.45) is 0 Å². The van der Waals surface area contributed by atoms with Gasteiger partial charge in [-0.05, 0) is 36.1 Å². The third-order valence-electron chi connectivity index (χ3n) is 6.27. The van der Waals surface area contributed by atoms with Crippen LogP contribution < -0.4 is 5.32 Å². The lowest BCUT2D eigenvalue weighted by molar-refractivity contribution is 0.118. The minimum absolute atomic E-state index is 0.0875. The lowest BCUT2D eigenvalue weighted by Gasteiger charge is -2.40. The number of nitrogens with zero attached hydrogens (tertiary/aromatic N) is 2. The summed E-state index contributed by atoms with van der Waals surface area (Å²) < 4.78 is 0. The van der Waals surface area contributed by atoms with E-state index < -0.39 is 0 Å². The Morgan fingerprint density at radius 3 is 2.23 bits per heavy atom. The van der Waals surface area contributed by atoms with Crippen LogP contribution >= 0.6 is 23.2 Å². The highest BCUT2D eigenvalue weighted by molar-refractivity contribution is 6.42. The predicted molar refractivity (Wildman–Crippen MR) is 123 cm³/mol. The smallest absolute Gasteiger partial charge is 0.317 e. The van der Waals surface area contributed by atoms with E-state index in [2.05, 4.69) is 34.5 Å². The van der Waals surface area contributed by atoms with E-state index in [0.29, 0.717) is 16.1 Å². The minimum atomic E-state index is 0.0875. The first kappa shape index (κ1) is 21.5. The number of hydrogen-bond acceptors (Lipinski definition) is 2. The molecule has 1 atom stereocenters. The third-order valence-corrected chi connectivity index (χ3v) is 7.01. The van der Waals surface area contributed by atoms with E-state index in [9.17, 15) is 4.79 Å². The Labute approximate surface area is 189 Å². The van der Waals surface area contributed by atoms with Gasteiger partial charge in [-0.2, -0.15) is 0 Å². The van der Waals surface area contributed by atoms with Crippen LogP contribution in [0, 0.1) is 0 Å². The molecule has 6 heteroatoms. The van der Waals surface area contributed by atoms with E-state index in [1.165, 1.54) is 24.8 Å². The Hall–Kier alpha value is -1.75. The normalized spacial score (nSPS) is 19.5. The van der Waals surface area contributed by atoms with Crippen LogP contribution in [-0.2, 0) is 0 Å². The van der Waals surface area contributed by atoms with E-state index in [-0.39, 0.29) is 12.1 Å². The van der Waals surface area contributed by atoms with Crippen LogP contribution in [0.15, 0.2) is 48.5 Å². The van der Waals surface area contributed by atoms with Gasteiger partial charge in [-0.15, -0.1) is 0 Å². The fourth-order valence-electron chi connectivity index (χ4n) is 4.63. The van der Waals surface area contributed by atoms with Crippen LogP contribution in [0.3, 0.4) is 0 Å². The maximum Gasteiger partial charge on any atom is 0.317 e. The quantitative estimate of drug-likeness (QED) is 0.650. The van der Waals surface area contributed by atoms with Crippen LogP contribution in [0.4, 0.5) is 4.79 Å². The molecule has 1 saturated heterocycles. The molecule has 2 aliphatic rings. The highest BCUT2D eigenvalue weighted by Gasteiger charge is 2.29. The van der Waals surface area contributed by atoms with Gasteiger partial charge < -0.3 is 10.2 Å². The molecule has 0 bridgehead atoms. The average Bonchev–Trinajstić information content (AvgIpc) is 2.78. The minimum Gasteiger partial charge on any atom is -0.335 e. The number of carbonyl (C=O) groups excluding carboxylic acids is 1. The summed E-state index contributed by atoms with van der Waals surface area (Å²) in [7, 11) is 0. The molecule has 1 N–H and O–H groups in total. The predicted octanol–water partition coefficient (Wildman–Crippen LogP) is 5.74. The van der Waals surface area contributed by atoms with Gasteiger partial charge in [0.2, 0.25) is 0 Å². The summed E-state index contributed by atoms with van der Waals surface area (Å²) in [5, 5.41) is 4.38. The summed E-state index contributed by atoms with van der Waals surface area (Å²) in [6.07, 6.45) is 5.96. The summed E-state index contributed by atoms with van der Waals surface area (Å²) in [5.41, 5.74) is 2.34. The second-order valence-electron chi connectivity index (χ2n) is 8.29. The Morgan fingerprint density at radius 1 is 0.867 bits per heavy atom. The molecule has 0 spiro atoms. The van der Waals surface area contributed by atoms with E-state index in [1.54, 1.807) is 0 Å². The lowest BCUT2D eigenvalue weighted by atomic mass is 9.95. The molecule has 30 heavy (non-hydrogen) atoms. The third kappa shape index (κ3) is 5.11. The van der Waals surface area contributed by atoms with Crippen molar-refractivity contribution in [1.82, 2.24) is 15.1 Å². The van der Waals surface area contributed by atoms with E-state index in [1.807, 2.05) is 29.2 Å². The zero-order chi connectivity index (χ0) is 20.9. The number of urea groups is 1. The fraction of sp³-hybridized carbons (Fsp3) is 0.458. The molecule has 1 aliphatic heterocycles. The van der Waals surface area contributed by atoms with Crippen molar-refractivity contribution in [1.29, 1.82) is 0 Å². The fourth-order valence-corrected chi connectivity index (χ4v) is 4.93. The first-order valence-corrected chi connectivity index (χ1v) is 11.7. The molecule has 2 amide bonds. The summed E-state index contributed by atoms with van der Waals surface area (Å²) >= 11 is 12.5. The molecule has 0 aromatic heterocycles. The zero-order valence-corrected chi connectivity index (χ0v) is 18.7. The van der Waals surface area contributed by atoms with Crippen molar-refractivity contribution >= 4 is 29.2 Å². The molecule has 0 radical (unpaired) electrons. The Kier molecular flexibility index (Phi) is 7.19. The highest BCUT2D eigenvalue weighted by Crippen LogP contribution is 2.33. The summed E-state index contributed by atoms with van der Waals surface area (Å²) in [6.45, 7) is 3.09. The topological polar surface area (TPSA) is 35.6 Å². The molecule has 1 heterocycles. The summed E-state index contributed by atoms with van der Waals surface area (Å²) in [6, 6.07) is 16.9. The van der Waals surface area contributed by atoms with E-state index in [0.717, 1.165) is 44.6 Å². The number of rotatable bonds is 4. The zero-order valence-electron chi connectivity index (χ0n) is 17.2. The number of hydrogen-bond donors (Lipinski definition) is 1. The van der Waals surface area contributed by atoms with E-state index >= 15 is 0 Å². The first-order valence-electron chi connectivity index (χ1n) is 10.9. The van der Waals surface area contributed by atoms with E-state index in [4.69, 9.17) is 23.2 Å². The van der Waals surface area contributed by atoms with Crippen molar-refractivity contribution in [3.05, 3.63) is 69.7 Å². The van der Waals surface area contributed by atoms with Crippen molar-refractivity contribution in [2.45, 2.75) is 44.2 Å². The highest BCUT2D eigenvalue weighted by atomic mass is 35.5. The van der Waals surface area contributed by atoms with Crippen LogP contribution in [0.1, 0.15) is 49.3 Å². The number of carbonyl (C=O) groups is 1. The molecule has 160 valence electrons. The van der Waals surface area contributed by atoms with Gasteiger partial charge in [-0.3, -0.25) is 4.90 Å². The molecule has 1 aliphatic carbocycles. The molecule has 4 rings (SSSR count). The second kappa shape index (κ2) is 10.0. The molecule has 2 aromatic rings. The molecular formula is C24H29Cl2N3O. The second-order valence-corrected chi connectivity index (χ2v) is 9.11. The van der Waals surface area contributed by atoms with Crippen molar-refractivity contribution in [3.8, 4) is 0 Å². The van der Waals surface area contributed by atoms with Gasteiger partial charge in [0.05, 0.1) is 16.1 Å². The van der Waals surface area contributed by atoms with Crippen LogP contribution in [0.2, 0.25) is 10.0 Å². The van der Waals surface area contributed by atoms with Gasteiger partial charge in [0.15, 0.2) is 0 Å². The van der Waals surface area contributed by atoms with Crippen molar-refractivity contribution in [2.75, 3.05) is 26.2 Å². The summed E-state index contributed by atoms with van der Waals surface area (Å²) in [5.74, 6) is 0. The average molecular weight is 446 g/mol. The Balaban J connectivity index is 1.45. The van der Waals surface area contributed by atoms with Crippen molar-refractivity contribution in [3.63, 3.8) is 0 Å². The lowest BCUT2D eigenvalue weighted by Crippen LogP contribution is -2.54. The number of halogens is 2. The van der Waals surface area contributed by atoms with Crippen LogP contribution in [-0.4, -0.2) is 48.1 Å². The Morgan fingerprint density at radius 2 is 1.57 bits per heavy atom. The SMILES string of the molecule is O=C(NC1CCCCC1)N1CCN(C(c2ccccc2)c2ccc(Cl)c(Cl)c2)CC1. The molecule has 1 saturated carbocycles. The van der Waals surface area contributed by atoms with Crippen LogP contribution in [0.5, 0.6) is 0 Å². The van der Waals surface area contributed by atoms with Gasteiger partial charge >= 0.3 is 6.03 Å². The van der Waals surface area contributed by atoms with Gasteiger partial charge in [0.25, 0.3) is 0 Å². The van der Waals surface area contributed by atoms with Crippen molar-refractivity contribution < 1.29 is 4.79 Å². The molecular weight excluding hydrogens is 417 g/mol. The standard InChI is InChI=1S/C24H29Cl2N3O/c25-21-12-11-19(17-22(21)26)23(18-7-3-1-4-8-18)28-13-15-29(16-14-28)24(30)27-20-9-5-2-6-10-20/h1,3-4,7-8,11-12,17,20,23H,2,5-6,9-10,13-16H2,(H,27,30). The monoisotopic (exact) mass is 445 g/mol.